The third-order valence-electron chi connectivity index (χ3n) is 2.40. The molecule has 2 aromatic heterocycles. The van der Waals surface area contributed by atoms with Gasteiger partial charge in [-0.25, -0.2) is 9.97 Å². The number of hydrogen-bond donors (Lipinski definition) is 1. The molecule has 0 spiro atoms. The van der Waals surface area contributed by atoms with Crippen LogP contribution in [0.5, 0.6) is 0 Å². The monoisotopic (exact) mass is 305 g/mol. The van der Waals surface area contributed by atoms with Crippen molar-refractivity contribution in [2.75, 3.05) is 18.5 Å². The molecule has 0 aliphatic rings. The molecule has 0 saturated carbocycles. The van der Waals surface area contributed by atoms with Gasteiger partial charge < -0.3 is 10.1 Å². The van der Waals surface area contributed by atoms with Crippen LogP contribution in [0, 0.1) is 6.92 Å². The van der Waals surface area contributed by atoms with Crippen LogP contribution >= 0.6 is 11.3 Å². The van der Waals surface area contributed by atoms with Crippen LogP contribution in [0.2, 0.25) is 0 Å². The third-order valence-corrected chi connectivity index (χ3v) is 3.35. The summed E-state index contributed by atoms with van der Waals surface area (Å²) < 4.78 is 40.7. The highest BCUT2D eigenvalue weighted by Gasteiger charge is 2.27. The minimum Gasteiger partial charge on any atom is -0.370 e. The van der Waals surface area contributed by atoms with E-state index in [4.69, 9.17) is 0 Å². The highest BCUT2D eigenvalue weighted by molar-refractivity contribution is 7.18. The second kappa shape index (κ2) is 5.92. The van der Waals surface area contributed by atoms with Crippen molar-refractivity contribution in [3.63, 3.8) is 0 Å². The van der Waals surface area contributed by atoms with Gasteiger partial charge in [0.15, 0.2) is 5.82 Å². The molecule has 0 amide bonds. The van der Waals surface area contributed by atoms with E-state index in [0.29, 0.717) is 12.4 Å². The summed E-state index contributed by atoms with van der Waals surface area (Å²) in [6.45, 7) is 2.98. The Kier molecular flexibility index (Phi) is 4.44. The first-order chi connectivity index (χ1) is 9.39. The molecule has 0 saturated heterocycles. The first-order valence-corrected chi connectivity index (χ1v) is 6.86. The fourth-order valence-corrected chi connectivity index (χ4v) is 2.61. The maximum atomic E-state index is 12.0. The van der Waals surface area contributed by atoms with E-state index in [-0.39, 0.29) is 12.4 Å². The molecule has 0 unspecified atom stereocenters. The van der Waals surface area contributed by atoms with Crippen molar-refractivity contribution in [3.8, 4) is 0 Å². The Hall–Kier alpha value is -1.41. The highest BCUT2D eigenvalue weighted by atomic mass is 32.1. The number of ether oxygens (including phenoxy) is 1. The fourth-order valence-electron chi connectivity index (χ4n) is 1.71. The topological polar surface area (TPSA) is 47.0 Å². The lowest BCUT2D eigenvalue weighted by Gasteiger charge is -2.09. The Bertz CT molecular complexity index is 597. The lowest BCUT2D eigenvalue weighted by molar-refractivity contribution is -0.177. The average Bonchev–Trinajstić information content (AvgIpc) is 2.68. The van der Waals surface area contributed by atoms with E-state index in [0.717, 1.165) is 15.1 Å². The molecule has 0 aromatic carbocycles. The number of rotatable bonds is 5. The van der Waals surface area contributed by atoms with Gasteiger partial charge in [0, 0.05) is 11.4 Å². The maximum absolute atomic E-state index is 12.0. The number of alkyl halides is 3. The summed E-state index contributed by atoms with van der Waals surface area (Å²) in [5, 5.41) is 3.97. The SMILES string of the molecule is CCNc1nc(COCC(F)(F)F)nc2sc(C)cc12. The van der Waals surface area contributed by atoms with Crippen LogP contribution in [-0.4, -0.2) is 29.3 Å². The van der Waals surface area contributed by atoms with Gasteiger partial charge in [0.2, 0.25) is 0 Å². The number of hydrogen-bond acceptors (Lipinski definition) is 5. The number of thiophene rings is 1. The van der Waals surface area contributed by atoms with Gasteiger partial charge in [-0.1, -0.05) is 0 Å². The van der Waals surface area contributed by atoms with E-state index in [2.05, 4.69) is 20.0 Å². The molecule has 0 atom stereocenters. The van der Waals surface area contributed by atoms with Crippen molar-refractivity contribution in [1.82, 2.24) is 9.97 Å². The van der Waals surface area contributed by atoms with Crippen LogP contribution in [0.4, 0.5) is 19.0 Å². The summed E-state index contributed by atoms with van der Waals surface area (Å²) in [5.74, 6) is 0.881. The summed E-state index contributed by atoms with van der Waals surface area (Å²) in [4.78, 5) is 10.3. The number of halogens is 3. The van der Waals surface area contributed by atoms with Crippen molar-refractivity contribution < 1.29 is 17.9 Å². The first kappa shape index (κ1) is 15.0. The van der Waals surface area contributed by atoms with Crippen molar-refractivity contribution in [1.29, 1.82) is 0 Å². The standard InChI is InChI=1S/C12H14F3N3OS/c1-3-16-10-8-4-7(2)20-11(8)18-9(17-10)5-19-6-12(13,14)15/h4H,3,5-6H2,1-2H3,(H,16,17,18). The Morgan fingerprint density at radius 2 is 2.10 bits per heavy atom. The van der Waals surface area contributed by atoms with Crippen molar-refractivity contribution in [3.05, 3.63) is 16.8 Å². The minimum atomic E-state index is -4.34. The zero-order chi connectivity index (χ0) is 14.8. The second-order valence-electron chi connectivity index (χ2n) is 4.20. The van der Waals surface area contributed by atoms with Crippen LogP contribution in [0.25, 0.3) is 10.2 Å². The van der Waals surface area contributed by atoms with Gasteiger partial charge in [0.25, 0.3) is 0 Å². The number of fused-ring (bicyclic) bond motifs is 1. The number of nitrogens with one attached hydrogen (secondary N) is 1. The Labute approximate surface area is 118 Å². The van der Waals surface area contributed by atoms with Crippen molar-refractivity contribution >= 4 is 27.4 Å². The van der Waals surface area contributed by atoms with Crippen LogP contribution in [-0.2, 0) is 11.3 Å². The molecule has 110 valence electrons. The average molecular weight is 305 g/mol. The molecule has 2 heterocycles. The molecule has 2 aromatic rings. The van der Waals surface area contributed by atoms with E-state index in [1.54, 1.807) is 0 Å². The van der Waals surface area contributed by atoms with Crippen LogP contribution in [0.3, 0.4) is 0 Å². The summed E-state index contributed by atoms with van der Waals surface area (Å²) in [6, 6.07) is 1.96. The van der Waals surface area contributed by atoms with E-state index in [1.807, 2.05) is 19.9 Å². The summed E-state index contributed by atoms with van der Waals surface area (Å²) in [7, 11) is 0. The summed E-state index contributed by atoms with van der Waals surface area (Å²) in [5.41, 5.74) is 0. The van der Waals surface area contributed by atoms with Gasteiger partial charge in [-0.15, -0.1) is 11.3 Å². The molecule has 0 bridgehead atoms. The van der Waals surface area contributed by atoms with E-state index in [1.165, 1.54) is 11.3 Å². The largest absolute Gasteiger partial charge is 0.411 e. The third kappa shape index (κ3) is 3.80. The second-order valence-corrected chi connectivity index (χ2v) is 5.44. The van der Waals surface area contributed by atoms with Gasteiger partial charge in [-0.2, -0.15) is 13.2 Å². The molecule has 0 fully saturated rings. The molecule has 1 N–H and O–H groups in total. The number of aryl methyl sites for hydroxylation is 1. The molecule has 0 aliphatic carbocycles. The molecule has 8 heteroatoms. The Balaban J connectivity index is 2.21. The van der Waals surface area contributed by atoms with Crippen LogP contribution in [0.1, 0.15) is 17.6 Å². The molecule has 2 rings (SSSR count). The fraction of sp³-hybridized carbons (Fsp3) is 0.500. The van der Waals surface area contributed by atoms with Crippen LogP contribution in [0.15, 0.2) is 6.07 Å². The predicted octanol–water partition coefficient (Wildman–Crippen LogP) is 3.51. The normalized spacial score (nSPS) is 12.1. The highest BCUT2D eigenvalue weighted by Crippen LogP contribution is 2.28. The number of anilines is 1. The van der Waals surface area contributed by atoms with Gasteiger partial charge in [0.05, 0.1) is 5.39 Å². The van der Waals surface area contributed by atoms with Gasteiger partial charge in [0.1, 0.15) is 23.9 Å². The van der Waals surface area contributed by atoms with Gasteiger partial charge >= 0.3 is 6.18 Å². The first-order valence-electron chi connectivity index (χ1n) is 6.04. The lowest BCUT2D eigenvalue weighted by Crippen LogP contribution is -2.17. The molecular weight excluding hydrogens is 291 g/mol. The van der Waals surface area contributed by atoms with E-state index >= 15 is 0 Å². The Morgan fingerprint density at radius 1 is 1.35 bits per heavy atom. The zero-order valence-corrected chi connectivity index (χ0v) is 11.9. The van der Waals surface area contributed by atoms with Gasteiger partial charge in [-0.05, 0) is 19.9 Å². The number of aromatic nitrogens is 2. The van der Waals surface area contributed by atoms with E-state index < -0.39 is 12.8 Å². The lowest BCUT2D eigenvalue weighted by atomic mass is 10.3. The summed E-state index contributed by atoms with van der Waals surface area (Å²) >= 11 is 1.48. The molecule has 0 radical (unpaired) electrons. The van der Waals surface area contributed by atoms with Crippen molar-refractivity contribution in [2.45, 2.75) is 26.6 Å². The molecule has 0 aliphatic heterocycles. The minimum absolute atomic E-state index is 0.250. The smallest absolute Gasteiger partial charge is 0.370 e. The van der Waals surface area contributed by atoms with Crippen molar-refractivity contribution in [2.24, 2.45) is 0 Å². The van der Waals surface area contributed by atoms with Crippen LogP contribution < -0.4 is 5.32 Å². The summed E-state index contributed by atoms with van der Waals surface area (Å²) in [6.07, 6.45) is -4.34. The maximum Gasteiger partial charge on any atom is 0.411 e. The Morgan fingerprint density at radius 3 is 2.75 bits per heavy atom. The zero-order valence-electron chi connectivity index (χ0n) is 11.0. The molecular formula is C12H14F3N3OS. The molecule has 4 nitrogen and oxygen atoms in total. The quantitative estimate of drug-likeness (QED) is 0.918. The van der Waals surface area contributed by atoms with E-state index in [9.17, 15) is 13.2 Å². The van der Waals surface area contributed by atoms with Gasteiger partial charge in [-0.3, -0.25) is 0 Å². The molecule has 20 heavy (non-hydrogen) atoms. The predicted molar refractivity (Wildman–Crippen MR) is 72.0 cm³/mol. The number of nitrogens with zero attached hydrogens (tertiary/aromatic N) is 2.